The molecule has 2 nitrogen and oxygen atoms in total. The molecule has 1 N–H and O–H groups in total. The molecule has 0 saturated heterocycles. The zero-order valence-corrected chi connectivity index (χ0v) is 19.0. The van der Waals surface area contributed by atoms with Gasteiger partial charge in [-0.2, -0.15) is 0 Å². The maximum atomic E-state index is 11.9. The summed E-state index contributed by atoms with van der Waals surface area (Å²) in [5.41, 5.74) is 0.879. The molecule has 1 rings (SSSR count). The molecular formula is C24H40BrNO. The number of hydrogen-bond acceptors (Lipinski definition) is 1. The molecule has 0 aromatic heterocycles. The average Bonchev–Trinajstić information content (AvgIpc) is 2.66. The van der Waals surface area contributed by atoms with Gasteiger partial charge in [0.25, 0.3) is 0 Å². The first-order valence-corrected chi connectivity index (χ1v) is 12.1. The molecule has 0 unspecified atom stereocenters. The third kappa shape index (κ3) is 14.8. The molecule has 1 aromatic rings. The molecule has 0 aliphatic rings. The fourth-order valence-electron chi connectivity index (χ4n) is 3.41. The van der Waals surface area contributed by atoms with Crippen LogP contribution in [0.15, 0.2) is 28.7 Å². The maximum absolute atomic E-state index is 11.9. The van der Waals surface area contributed by atoms with Gasteiger partial charge in [-0.3, -0.25) is 4.79 Å². The number of anilines is 1. The first-order chi connectivity index (χ1) is 13.2. The molecule has 1 amide bonds. The minimum Gasteiger partial charge on any atom is -0.326 e. The molecule has 3 heteroatoms. The lowest BCUT2D eigenvalue weighted by molar-refractivity contribution is -0.116. The summed E-state index contributed by atoms with van der Waals surface area (Å²) in [5.74, 6) is 0.131. The van der Waals surface area contributed by atoms with E-state index in [0.29, 0.717) is 6.42 Å². The third-order valence-electron chi connectivity index (χ3n) is 5.14. The number of unbranched alkanes of at least 4 members (excludes halogenated alkanes) is 14. The van der Waals surface area contributed by atoms with Gasteiger partial charge in [-0.25, -0.2) is 0 Å². The highest BCUT2D eigenvalue weighted by atomic mass is 79.9. The molecule has 0 aliphatic heterocycles. The Bertz CT molecular complexity index is 472. The van der Waals surface area contributed by atoms with Crippen molar-refractivity contribution in [3.63, 3.8) is 0 Å². The molecule has 27 heavy (non-hydrogen) atoms. The lowest BCUT2D eigenvalue weighted by Crippen LogP contribution is -2.10. The Morgan fingerprint density at radius 2 is 1.11 bits per heavy atom. The van der Waals surface area contributed by atoms with Crippen molar-refractivity contribution in [2.45, 2.75) is 110 Å². The number of rotatable bonds is 17. The minimum atomic E-state index is 0.131. The highest BCUT2D eigenvalue weighted by Gasteiger charge is 2.02. The van der Waals surface area contributed by atoms with Crippen LogP contribution in [-0.4, -0.2) is 5.91 Å². The lowest BCUT2D eigenvalue weighted by Gasteiger charge is -2.05. The van der Waals surface area contributed by atoms with Crippen LogP contribution in [0.2, 0.25) is 0 Å². The second-order valence-electron chi connectivity index (χ2n) is 7.75. The molecule has 0 aliphatic carbocycles. The van der Waals surface area contributed by atoms with Gasteiger partial charge < -0.3 is 5.32 Å². The maximum Gasteiger partial charge on any atom is 0.224 e. The third-order valence-corrected chi connectivity index (χ3v) is 5.66. The van der Waals surface area contributed by atoms with Crippen molar-refractivity contribution in [1.82, 2.24) is 0 Å². The Kier molecular flexibility index (Phi) is 15.5. The van der Waals surface area contributed by atoms with Gasteiger partial charge in [-0.1, -0.05) is 113 Å². The zero-order valence-electron chi connectivity index (χ0n) is 17.4. The zero-order chi connectivity index (χ0) is 19.6. The van der Waals surface area contributed by atoms with E-state index in [2.05, 4.69) is 28.2 Å². The van der Waals surface area contributed by atoms with Gasteiger partial charge in [0.15, 0.2) is 0 Å². The van der Waals surface area contributed by atoms with Crippen LogP contribution in [0.5, 0.6) is 0 Å². The predicted molar refractivity (Wildman–Crippen MR) is 122 cm³/mol. The smallest absolute Gasteiger partial charge is 0.224 e. The first kappa shape index (κ1) is 24.2. The Balaban J connectivity index is 1.81. The second kappa shape index (κ2) is 17.3. The summed E-state index contributed by atoms with van der Waals surface area (Å²) in [7, 11) is 0. The molecule has 0 fully saturated rings. The van der Waals surface area contributed by atoms with E-state index < -0.39 is 0 Å². The van der Waals surface area contributed by atoms with Crippen molar-refractivity contribution in [1.29, 1.82) is 0 Å². The Morgan fingerprint density at radius 1 is 0.704 bits per heavy atom. The van der Waals surface area contributed by atoms with Gasteiger partial charge in [0.05, 0.1) is 0 Å². The molecule has 1 aromatic carbocycles. The van der Waals surface area contributed by atoms with Crippen LogP contribution < -0.4 is 5.32 Å². The molecule has 0 atom stereocenters. The number of carbonyl (C=O) groups excluding carboxylic acids is 1. The largest absolute Gasteiger partial charge is 0.326 e. The van der Waals surface area contributed by atoms with Crippen LogP contribution in [0.1, 0.15) is 110 Å². The van der Waals surface area contributed by atoms with Crippen LogP contribution >= 0.6 is 15.9 Å². The lowest BCUT2D eigenvalue weighted by atomic mass is 10.0. The van der Waals surface area contributed by atoms with Crippen molar-refractivity contribution in [3.8, 4) is 0 Å². The summed E-state index contributed by atoms with van der Waals surface area (Å²) in [6, 6.07) is 7.75. The van der Waals surface area contributed by atoms with E-state index in [1.165, 1.54) is 89.9 Å². The molecule has 0 spiro atoms. The fourth-order valence-corrected chi connectivity index (χ4v) is 3.68. The monoisotopic (exact) mass is 437 g/mol. The van der Waals surface area contributed by atoms with Gasteiger partial charge in [-0.05, 0) is 30.7 Å². The predicted octanol–water partition coefficient (Wildman–Crippen LogP) is 8.65. The van der Waals surface area contributed by atoms with E-state index in [9.17, 15) is 4.79 Å². The highest BCUT2D eigenvalue weighted by molar-refractivity contribution is 9.10. The number of hydrogen-bond donors (Lipinski definition) is 1. The summed E-state index contributed by atoms with van der Waals surface area (Å²) in [6.45, 7) is 2.28. The quantitative estimate of drug-likeness (QED) is 0.242. The molecule has 0 bridgehead atoms. The van der Waals surface area contributed by atoms with Crippen LogP contribution in [0, 0.1) is 0 Å². The van der Waals surface area contributed by atoms with Gasteiger partial charge in [0, 0.05) is 16.6 Å². The highest BCUT2D eigenvalue weighted by Crippen LogP contribution is 2.16. The van der Waals surface area contributed by atoms with Gasteiger partial charge >= 0.3 is 0 Å². The second-order valence-corrected chi connectivity index (χ2v) is 8.67. The van der Waals surface area contributed by atoms with E-state index >= 15 is 0 Å². The topological polar surface area (TPSA) is 29.1 Å². The van der Waals surface area contributed by atoms with Crippen LogP contribution in [-0.2, 0) is 4.79 Å². The van der Waals surface area contributed by atoms with E-state index in [1.54, 1.807) is 0 Å². The van der Waals surface area contributed by atoms with Gasteiger partial charge in [-0.15, -0.1) is 0 Å². The van der Waals surface area contributed by atoms with Crippen LogP contribution in [0.3, 0.4) is 0 Å². The number of amides is 1. The summed E-state index contributed by atoms with van der Waals surface area (Å²) < 4.78 is 1.03. The van der Waals surface area contributed by atoms with Gasteiger partial charge in [0.1, 0.15) is 0 Å². The number of halogens is 1. The van der Waals surface area contributed by atoms with E-state index in [1.807, 2.05) is 24.3 Å². The van der Waals surface area contributed by atoms with Crippen molar-refractivity contribution in [3.05, 3.63) is 28.7 Å². The number of nitrogens with one attached hydrogen (secondary N) is 1. The Labute approximate surface area is 176 Å². The first-order valence-electron chi connectivity index (χ1n) is 11.3. The molecule has 0 heterocycles. The van der Waals surface area contributed by atoms with Crippen molar-refractivity contribution in [2.24, 2.45) is 0 Å². The normalized spacial score (nSPS) is 10.9. The van der Waals surface area contributed by atoms with E-state index in [4.69, 9.17) is 0 Å². The van der Waals surface area contributed by atoms with E-state index in [-0.39, 0.29) is 5.91 Å². The Hall–Kier alpha value is -0.830. The van der Waals surface area contributed by atoms with E-state index in [0.717, 1.165) is 16.6 Å². The number of carbonyl (C=O) groups is 1. The standard InChI is InChI=1S/C24H40BrNO/c1-2-3-4-5-6-7-8-9-10-11-12-13-14-15-16-17-24(27)26-23-20-18-22(25)19-21-23/h18-21H,2-17H2,1H3,(H,26,27). The molecular weight excluding hydrogens is 398 g/mol. The van der Waals surface area contributed by atoms with Crippen molar-refractivity contribution in [2.75, 3.05) is 5.32 Å². The van der Waals surface area contributed by atoms with Crippen LogP contribution in [0.4, 0.5) is 5.69 Å². The van der Waals surface area contributed by atoms with Crippen LogP contribution in [0.25, 0.3) is 0 Å². The fraction of sp³-hybridized carbons (Fsp3) is 0.708. The summed E-state index contributed by atoms with van der Waals surface area (Å²) in [4.78, 5) is 11.9. The van der Waals surface area contributed by atoms with Crippen molar-refractivity contribution >= 4 is 27.5 Å². The molecule has 154 valence electrons. The SMILES string of the molecule is CCCCCCCCCCCCCCCCCC(=O)Nc1ccc(Br)cc1. The minimum absolute atomic E-state index is 0.131. The Morgan fingerprint density at radius 3 is 1.56 bits per heavy atom. The summed E-state index contributed by atoms with van der Waals surface area (Å²) >= 11 is 3.40. The van der Waals surface area contributed by atoms with Crippen molar-refractivity contribution < 1.29 is 4.79 Å². The summed E-state index contributed by atoms with van der Waals surface area (Å²) in [6.07, 6.45) is 20.9. The van der Waals surface area contributed by atoms with Gasteiger partial charge in [0.2, 0.25) is 5.91 Å². The average molecular weight is 438 g/mol. The number of benzene rings is 1. The molecule has 0 radical (unpaired) electrons. The summed E-state index contributed by atoms with van der Waals surface area (Å²) in [5, 5.41) is 2.96. The molecule has 0 saturated carbocycles.